The predicted octanol–water partition coefficient (Wildman–Crippen LogP) is 2.68. The van der Waals surface area contributed by atoms with Gasteiger partial charge in [0.2, 0.25) is 0 Å². The molecule has 2 aliphatic heterocycles. The van der Waals surface area contributed by atoms with Gasteiger partial charge in [0.05, 0.1) is 50.0 Å². The first-order valence-corrected chi connectivity index (χ1v) is 10.8. The quantitative estimate of drug-likeness (QED) is 0.572. The van der Waals surface area contributed by atoms with Gasteiger partial charge < -0.3 is 9.47 Å². The second-order valence-corrected chi connectivity index (χ2v) is 8.71. The van der Waals surface area contributed by atoms with Crippen LogP contribution in [0.2, 0.25) is 0 Å². The lowest BCUT2D eigenvalue weighted by atomic mass is 9.96. The number of anilines is 1. The van der Waals surface area contributed by atoms with Gasteiger partial charge in [-0.05, 0) is 24.3 Å². The van der Waals surface area contributed by atoms with Gasteiger partial charge in [-0.25, -0.2) is 13.9 Å². The van der Waals surface area contributed by atoms with Crippen LogP contribution >= 0.6 is 0 Å². The number of nitrogens with zero attached hydrogens (tertiary/aromatic N) is 6. The van der Waals surface area contributed by atoms with Gasteiger partial charge in [-0.2, -0.15) is 9.65 Å². The first-order chi connectivity index (χ1) is 16.5. The highest BCUT2D eigenvalue weighted by molar-refractivity contribution is 5.90. The van der Waals surface area contributed by atoms with E-state index in [1.807, 2.05) is 0 Å². The van der Waals surface area contributed by atoms with Crippen molar-refractivity contribution in [1.82, 2.24) is 20.0 Å². The van der Waals surface area contributed by atoms with Gasteiger partial charge in [0.25, 0.3) is 5.95 Å². The molecule has 34 heavy (non-hydrogen) atoms. The molecule has 0 N–H and O–H groups in total. The monoisotopic (exact) mass is 464 g/mol. The molecule has 3 atom stereocenters. The Balaban J connectivity index is 1.19. The van der Waals surface area contributed by atoms with Crippen LogP contribution in [0.1, 0.15) is 5.69 Å². The van der Waals surface area contributed by atoms with Gasteiger partial charge >= 0.3 is 6.09 Å². The molecule has 1 aliphatic carbocycles. The summed E-state index contributed by atoms with van der Waals surface area (Å²) >= 11 is 0. The minimum atomic E-state index is -0.724. The zero-order valence-electron chi connectivity index (χ0n) is 17.8. The summed E-state index contributed by atoms with van der Waals surface area (Å²) in [4.78, 5) is 18.1. The maximum atomic E-state index is 15.0. The molecule has 172 valence electrons. The van der Waals surface area contributed by atoms with Gasteiger partial charge in [-0.15, -0.1) is 0 Å². The standard InChI is InChI=1S/C23H18F2N6O3/c24-19-5-14(31-8-15(34-22(31)32)7-30-9-21(25)28-29-30)2-3-16(19)13-1-4-20(27-6-13)23(12-26)17-10-33-11-18(17)23/h1-6,9,15,17-18H,7-8,10-11H2/t15-,17?,18?,23?/m0/s1. The molecule has 4 heterocycles. The van der Waals surface area contributed by atoms with Crippen molar-refractivity contribution >= 4 is 11.8 Å². The molecule has 0 radical (unpaired) electrons. The molecule has 2 saturated heterocycles. The van der Waals surface area contributed by atoms with Gasteiger partial charge in [0.15, 0.2) is 0 Å². The van der Waals surface area contributed by atoms with E-state index < -0.39 is 29.4 Å². The maximum Gasteiger partial charge on any atom is 0.414 e. The molecule has 1 aromatic carbocycles. The van der Waals surface area contributed by atoms with E-state index >= 15 is 4.39 Å². The van der Waals surface area contributed by atoms with Crippen LogP contribution in [0.4, 0.5) is 19.3 Å². The van der Waals surface area contributed by atoms with Crippen molar-refractivity contribution in [2.45, 2.75) is 18.1 Å². The van der Waals surface area contributed by atoms with Crippen LogP contribution in [0.3, 0.4) is 0 Å². The topological polar surface area (TPSA) is 106 Å². The van der Waals surface area contributed by atoms with E-state index in [2.05, 4.69) is 21.4 Å². The van der Waals surface area contributed by atoms with E-state index in [9.17, 15) is 14.4 Å². The van der Waals surface area contributed by atoms with Crippen molar-refractivity contribution in [3.63, 3.8) is 0 Å². The lowest BCUT2D eigenvalue weighted by Crippen LogP contribution is -2.26. The number of halogens is 2. The number of hydrogen-bond acceptors (Lipinski definition) is 7. The van der Waals surface area contributed by atoms with Crippen LogP contribution in [0.5, 0.6) is 0 Å². The van der Waals surface area contributed by atoms with Gasteiger partial charge in [-0.1, -0.05) is 16.4 Å². The minimum absolute atomic E-state index is 0.135. The van der Waals surface area contributed by atoms with E-state index in [-0.39, 0.29) is 24.9 Å². The summed E-state index contributed by atoms with van der Waals surface area (Å²) < 4.78 is 40.0. The van der Waals surface area contributed by atoms with Crippen LogP contribution in [0, 0.1) is 34.9 Å². The van der Waals surface area contributed by atoms with Crippen molar-refractivity contribution < 1.29 is 23.0 Å². The second kappa shape index (κ2) is 7.56. The third kappa shape index (κ3) is 3.13. The molecule has 3 aromatic rings. The molecular weight excluding hydrogens is 446 g/mol. The fourth-order valence-electron chi connectivity index (χ4n) is 5.06. The number of benzene rings is 1. The summed E-state index contributed by atoms with van der Waals surface area (Å²) in [5.41, 5.74) is 1.32. The molecule has 11 heteroatoms. The summed E-state index contributed by atoms with van der Waals surface area (Å²) in [6.45, 7) is 1.42. The normalized spacial score (nSPS) is 27.4. The zero-order chi connectivity index (χ0) is 23.4. The molecular formula is C23H18F2N6O3. The largest absolute Gasteiger partial charge is 0.442 e. The molecule has 2 unspecified atom stereocenters. The van der Waals surface area contributed by atoms with E-state index in [0.717, 1.165) is 6.20 Å². The number of carbonyl (C=O) groups excluding carboxylic acids is 1. The number of hydrogen-bond donors (Lipinski definition) is 0. The molecule has 3 fully saturated rings. The number of pyridine rings is 1. The highest BCUT2D eigenvalue weighted by Gasteiger charge is 2.70. The number of aromatic nitrogens is 4. The highest BCUT2D eigenvalue weighted by Crippen LogP contribution is 2.62. The molecule has 9 nitrogen and oxygen atoms in total. The Labute approximate surface area is 192 Å². The van der Waals surface area contributed by atoms with Crippen molar-refractivity contribution in [3.8, 4) is 17.2 Å². The number of carbonyl (C=O) groups is 1. The Bertz CT molecular complexity index is 1310. The first kappa shape index (κ1) is 20.7. The molecule has 3 aliphatic rings. The van der Waals surface area contributed by atoms with Crippen molar-refractivity contribution in [3.05, 3.63) is 60.2 Å². The Hall–Kier alpha value is -3.91. The Kier molecular flexibility index (Phi) is 4.60. The van der Waals surface area contributed by atoms with E-state index in [0.29, 0.717) is 35.7 Å². The smallest absolute Gasteiger partial charge is 0.414 e. The highest BCUT2D eigenvalue weighted by atomic mass is 19.1. The van der Waals surface area contributed by atoms with Gasteiger partial charge in [0, 0.05) is 29.2 Å². The third-order valence-electron chi connectivity index (χ3n) is 6.86. The average Bonchev–Trinajstić information content (AvgIpc) is 3.29. The lowest BCUT2D eigenvalue weighted by molar-refractivity contribution is 0.129. The first-order valence-electron chi connectivity index (χ1n) is 10.8. The molecule has 1 saturated carbocycles. The number of ether oxygens (including phenoxy) is 2. The number of rotatable bonds is 5. The van der Waals surface area contributed by atoms with Crippen LogP contribution in [-0.2, 0) is 21.4 Å². The van der Waals surface area contributed by atoms with Crippen LogP contribution in [0.25, 0.3) is 11.1 Å². The molecule has 1 amide bonds. The third-order valence-corrected chi connectivity index (χ3v) is 6.86. The van der Waals surface area contributed by atoms with E-state index in [1.54, 1.807) is 30.5 Å². The number of cyclic esters (lactones) is 1. The van der Waals surface area contributed by atoms with Crippen LogP contribution < -0.4 is 4.90 Å². The molecule has 0 bridgehead atoms. The van der Waals surface area contributed by atoms with Crippen molar-refractivity contribution in [2.75, 3.05) is 24.7 Å². The number of fused-ring (bicyclic) bond motifs is 1. The Morgan fingerprint density at radius 3 is 2.68 bits per heavy atom. The van der Waals surface area contributed by atoms with Gasteiger partial charge in [0.1, 0.15) is 17.3 Å². The fraction of sp³-hybridized carbons (Fsp3) is 0.348. The van der Waals surface area contributed by atoms with Crippen LogP contribution in [-0.4, -0.2) is 51.9 Å². The van der Waals surface area contributed by atoms with Crippen LogP contribution in [0.15, 0.2) is 42.7 Å². The predicted molar refractivity (Wildman–Crippen MR) is 112 cm³/mol. The summed E-state index contributed by atoms with van der Waals surface area (Å²) in [6, 6.07) is 10.4. The lowest BCUT2D eigenvalue weighted by Gasteiger charge is -2.15. The van der Waals surface area contributed by atoms with Gasteiger partial charge in [-0.3, -0.25) is 9.88 Å². The molecule has 6 rings (SSSR count). The maximum absolute atomic E-state index is 15.0. The Morgan fingerprint density at radius 1 is 1.21 bits per heavy atom. The summed E-state index contributed by atoms with van der Waals surface area (Å²) in [5.74, 6) is -0.912. The minimum Gasteiger partial charge on any atom is -0.442 e. The zero-order valence-corrected chi connectivity index (χ0v) is 17.8. The van der Waals surface area contributed by atoms with E-state index in [1.165, 1.54) is 15.6 Å². The SMILES string of the molecule is N#CC1(c2ccc(-c3ccc(N4C[C@H](Cn5cc(F)nn5)OC4=O)cc3F)cn2)C2COCC21. The molecule has 2 aromatic heterocycles. The summed E-state index contributed by atoms with van der Waals surface area (Å²) in [5, 5.41) is 16.6. The summed E-state index contributed by atoms with van der Waals surface area (Å²) in [7, 11) is 0. The number of amides is 1. The van der Waals surface area contributed by atoms with Crippen molar-refractivity contribution in [2.24, 2.45) is 11.8 Å². The number of nitriles is 1. The van der Waals surface area contributed by atoms with E-state index in [4.69, 9.17) is 9.47 Å². The van der Waals surface area contributed by atoms with Crippen molar-refractivity contribution in [1.29, 1.82) is 5.26 Å². The second-order valence-electron chi connectivity index (χ2n) is 8.71. The summed E-state index contributed by atoms with van der Waals surface area (Å²) in [6.07, 6.45) is 1.47. The fourth-order valence-corrected chi connectivity index (χ4v) is 5.06. The Morgan fingerprint density at radius 2 is 2.03 bits per heavy atom. The molecule has 0 spiro atoms. The average molecular weight is 464 g/mol.